The molecule has 1 saturated heterocycles. The summed E-state index contributed by atoms with van der Waals surface area (Å²) in [6.07, 6.45) is -6.47. The maximum atomic E-state index is 14.1. The molecule has 2 aromatic rings. The van der Waals surface area contributed by atoms with Crippen molar-refractivity contribution < 1.29 is 40.7 Å². The molecule has 39 heavy (non-hydrogen) atoms. The largest absolute Gasteiger partial charge is 0.444 e. The van der Waals surface area contributed by atoms with Gasteiger partial charge in [-0.05, 0) is 66.2 Å². The van der Waals surface area contributed by atoms with E-state index in [9.17, 15) is 31.2 Å². The number of carbonyl (C=O) groups excluding carboxylic acids is 2. The average Bonchev–Trinajstić information content (AvgIpc) is 3.43. The van der Waals surface area contributed by atoms with Gasteiger partial charge in [-0.1, -0.05) is 0 Å². The van der Waals surface area contributed by atoms with Crippen LogP contribution in [0.25, 0.3) is 0 Å². The third-order valence-electron chi connectivity index (χ3n) is 5.22. The Morgan fingerprint density at radius 2 is 1.74 bits per heavy atom. The molecule has 0 spiro atoms. The summed E-state index contributed by atoms with van der Waals surface area (Å²) in [5.41, 5.74) is -2.14. The number of halogens is 3. The molecule has 10 nitrogen and oxygen atoms in total. The van der Waals surface area contributed by atoms with Crippen LogP contribution in [0.15, 0.2) is 34.0 Å². The molecule has 0 saturated carbocycles. The minimum atomic E-state index is -4.94. The molecule has 0 radical (unpaired) electrons. The van der Waals surface area contributed by atoms with Gasteiger partial charge in [-0.3, -0.25) is 0 Å². The fourth-order valence-corrected chi connectivity index (χ4v) is 5.55. The van der Waals surface area contributed by atoms with Crippen LogP contribution in [0.1, 0.15) is 53.5 Å². The Morgan fingerprint density at radius 1 is 1.10 bits per heavy atom. The van der Waals surface area contributed by atoms with Crippen LogP contribution in [-0.2, 0) is 25.7 Å². The van der Waals surface area contributed by atoms with Gasteiger partial charge in [0.2, 0.25) is 0 Å². The van der Waals surface area contributed by atoms with E-state index in [4.69, 9.17) is 9.47 Å². The number of aromatic nitrogens is 1. The minimum Gasteiger partial charge on any atom is -0.444 e. The molecule has 1 N–H and O–H groups in total. The molecule has 1 aliphatic rings. The predicted octanol–water partition coefficient (Wildman–Crippen LogP) is 5.71. The Balaban J connectivity index is 1.92. The van der Waals surface area contributed by atoms with E-state index in [1.165, 1.54) is 36.6 Å². The normalized spacial score (nSPS) is 16.6. The third kappa shape index (κ3) is 7.75. The fourth-order valence-electron chi connectivity index (χ4n) is 3.66. The summed E-state index contributed by atoms with van der Waals surface area (Å²) in [6, 6.07) is 1.88. The predicted molar refractivity (Wildman–Crippen MR) is 139 cm³/mol. The fraction of sp³-hybridized carbons (Fsp3) is 0.542. The Hall–Kier alpha value is -3.07. The molecule has 1 aromatic carbocycles. The minimum absolute atomic E-state index is 0.0997. The van der Waals surface area contributed by atoms with Crippen LogP contribution in [0.5, 0.6) is 0 Å². The standard InChI is InChI=1S/C24H31F3N4O6S2/c1-22(2,3)36-20(32)30-10-9-15(12-30)29-18-8-7-16(11-17(18)24(25,26)27)39(34,35)31(19-13-38-14-28-19)21(33)37-23(4,5)6/h7-8,11,13-15,29H,9-10,12H2,1-6H3/t15-/m0/s1. The monoisotopic (exact) mass is 592 g/mol. The van der Waals surface area contributed by atoms with E-state index in [0.717, 1.165) is 23.5 Å². The van der Waals surface area contributed by atoms with Gasteiger partial charge >= 0.3 is 18.4 Å². The molecule has 0 bridgehead atoms. The Labute approximate surface area is 229 Å². The van der Waals surface area contributed by atoms with Crippen molar-refractivity contribution in [3.8, 4) is 0 Å². The van der Waals surface area contributed by atoms with E-state index in [0.29, 0.717) is 12.5 Å². The molecule has 2 amide bonds. The van der Waals surface area contributed by atoms with Crippen molar-refractivity contribution in [2.45, 2.75) is 76.3 Å². The highest BCUT2D eigenvalue weighted by Gasteiger charge is 2.40. The van der Waals surface area contributed by atoms with Crippen LogP contribution in [0, 0.1) is 0 Å². The van der Waals surface area contributed by atoms with Gasteiger partial charge in [-0.2, -0.15) is 13.2 Å². The molecule has 2 heterocycles. The van der Waals surface area contributed by atoms with Crippen LogP contribution in [0.2, 0.25) is 0 Å². The number of ether oxygens (including phenoxy) is 2. The molecule has 1 atom stereocenters. The number of carbonyl (C=O) groups is 2. The van der Waals surface area contributed by atoms with E-state index in [2.05, 4.69) is 10.3 Å². The second kappa shape index (κ2) is 10.8. The Bertz CT molecular complexity index is 1300. The second-order valence-corrected chi connectivity index (χ2v) is 13.4. The first-order valence-corrected chi connectivity index (χ1v) is 14.3. The van der Waals surface area contributed by atoms with Crippen molar-refractivity contribution in [2.75, 3.05) is 22.7 Å². The summed E-state index contributed by atoms with van der Waals surface area (Å²) >= 11 is 0.995. The van der Waals surface area contributed by atoms with Crippen LogP contribution in [0.4, 0.5) is 34.3 Å². The maximum Gasteiger partial charge on any atom is 0.430 e. The SMILES string of the molecule is CC(C)(C)OC(=O)N1CC[C@H](Nc2ccc(S(=O)(=O)N(C(=O)OC(C)(C)C)c3cscn3)cc2C(F)(F)F)C1. The van der Waals surface area contributed by atoms with Gasteiger partial charge in [0.15, 0.2) is 5.82 Å². The second-order valence-electron chi connectivity index (χ2n) is 10.9. The van der Waals surface area contributed by atoms with Crippen LogP contribution >= 0.6 is 11.3 Å². The van der Waals surface area contributed by atoms with E-state index >= 15 is 0 Å². The van der Waals surface area contributed by atoms with Gasteiger partial charge in [0.05, 0.1) is 16.0 Å². The van der Waals surface area contributed by atoms with Crippen LogP contribution < -0.4 is 9.62 Å². The van der Waals surface area contributed by atoms with Crippen LogP contribution in [0.3, 0.4) is 0 Å². The number of rotatable bonds is 5. The first-order valence-electron chi connectivity index (χ1n) is 11.9. The summed E-state index contributed by atoms with van der Waals surface area (Å²) in [4.78, 5) is 29.6. The Morgan fingerprint density at radius 3 is 2.28 bits per heavy atom. The van der Waals surface area contributed by atoms with Crippen molar-refractivity contribution >= 4 is 45.1 Å². The lowest BCUT2D eigenvalue weighted by molar-refractivity contribution is -0.137. The molecule has 0 aliphatic carbocycles. The molecule has 216 valence electrons. The van der Waals surface area contributed by atoms with E-state index in [1.807, 2.05) is 0 Å². The number of thiazole rings is 1. The van der Waals surface area contributed by atoms with Gasteiger partial charge in [0, 0.05) is 30.2 Å². The number of hydrogen-bond acceptors (Lipinski definition) is 9. The number of nitrogens with zero attached hydrogens (tertiary/aromatic N) is 3. The zero-order chi connectivity index (χ0) is 29.4. The number of nitrogens with one attached hydrogen (secondary N) is 1. The lowest BCUT2D eigenvalue weighted by Crippen LogP contribution is -2.41. The lowest BCUT2D eigenvalue weighted by atomic mass is 10.1. The summed E-state index contributed by atoms with van der Waals surface area (Å²) in [7, 11) is -4.85. The summed E-state index contributed by atoms with van der Waals surface area (Å²) in [5, 5.41) is 4.04. The number of amides is 2. The first kappa shape index (κ1) is 30.5. The smallest absolute Gasteiger partial charge is 0.430 e. The number of alkyl halides is 3. The van der Waals surface area contributed by atoms with Crippen molar-refractivity contribution in [3.05, 3.63) is 34.7 Å². The molecular formula is C24H31F3N4O6S2. The molecule has 1 aromatic heterocycles. The van der Waals surface area contributed by atoms with Gasteiger partial charge in [-0.15, -0.1) is 15.6 Å². The first-order chi connectivity index (χ1) is 17.8. The number of benzene rings is 1. The van der Waals surface area contributed by atoms with E-state index in [-0.39, 0.29) is 28.9 Å². The summed E-state index contributed by atoms with van der Waals surface area (Å²) in [6.45, 7) is 10.1. The quantitative estimate of drug-likeness (QED) is 0.469. The third-order valence-corrected chi connectivity index (χ3v) is 7.46. The summed E-state index contributed by atoms with van der Waals surface area (Å²) in [5.74, 6) is -0.307. The van der Waals surface area contributed by atoms with Crippen molar-refractivity contribution in [1.82, 2.24) is 9.88 Å². The van der Waals surface area contributed by atoms with Gasteiger partial charge < -0.3 is 19.7 Å². The highest BCUT2D eigenvalue weighted by atomic mass is 32.2. The molecular weight excluding hydrogens is 561 g/mol. The number of anilines is 2. The number of hydrogen-bond donors (Lipinski definition) is 1. The topological polar surface area (TPSA) is 118 Å². The number of sulfonamides is 1. The summed E-state index contributed by atoms with van der Waals surface area (Å²) < 4.78 is 80.0. The van der Waals surface area contributed by atoms with Gasteiger partial charge in [0.25, 0.3) is 10.0 Å². The number of likely N-dealkylation sites (tertiary alicyclic amines) is 1. The lowest BCUT2D eigenvalue weighted by Gasteiger charge is -2.26. The van der Waals surface area contributed by atoms with E-state index < -0.39 is 56.1 Å². The van der Waals surface area contributed by atoms with Crippen molar-refractivity contribution in [3.63, 3.8) is 0 Å². The molecule has 3 rings (SSSR count). The zero-order valence-corrected chi connectivity index (χ0v) is 24.0. The van der Waals surface area contributed by atoms with E-state index in [1.54, 1.807) is 20.8 Å². The van der Waals surface area contributed by atoms with Crippen LogP contribution in [-0.4, -0.2) is 60.8 Å². The van der Waals surface area contributed by atoms with Crippen molar-refractivity contribution in [1.29, 1.82) is 0 Å². The highest BCUT2D eigenvalue weighted by molar-refractivity contribution is 7.93. The molecule has 1 fully saturated rings. The molecule has 15 heteroatoms. The van der Waals surface area contributed by atoms with Gasteiger partial charge in [-0.25, -0.2) is 23.0 Å². The zero-order valence-electron chi connectivity index (χ0n) is 22.3. The van der Waals surface area contributed by atoms with Gasteiger partial charge in [0.1, 0.15) is 11.2 Å². The Kier molecular flexibility index (Phi) is 8.46. The highest BCUT2D eigenvalue weighted by Crippen LogP contribution is 2.38. The van der Waals surface area contributed by atoms with Crippen molar-refractivity contribution in [2.24, 2.45) is 0 Å². The maximum absolute atomic E-state index is 14.1. The molecule has 1 aliphatic heterocycles. The molecule has 0 unspecified atom stereocenters. The average molecular weight is 593 g/mol.